The van der Waals surface area contributed by atoms with E-state index in [2.05, 4.69) is 15.3 Å². The number of benzene rings is 2. The zero-order chi connectivity index (χ0) is 16.9. The van der Waals surface area contributed by atoms with Gasteiger partial charge in [0, 0.05) is 10.3 Å². The molecule has 4 nitrogen and oxygen atoms in total. The molecule has 3 rings (SSSR count). The third-order valence-electron chi connectivity index (χ3n) is 3.40. The van der Waals surface area contributed by atoms with Gasteiger partial charge in [-0.15, -0.1) is 11.8 Å². The van der Waals surface area contributed by atoms with Crippen LogP contribution in [0.1, 0.15) is 5.82 Å². The van der Waals surface area contributed by atoms with Crippen LogP contribution < -0.4 is 5.32 Å². The van der Waals surface area contributed by atoms with Gasteiger partial charge in [-0.1, -0.05) is 42.1 Å². The summed E-state index contributed by atoms with van der Waals surface area (Å²) in [5.74, 6) is 0.981. The van der Waals surface area contributed by atoms with Crippen molar-refractivity contribution in [2.24, 2.45) is 0 Å². The summed E-state index contributed by atoms with van der Waals surface area (Å²) in [6.07, 6.45) is 2.00. The summed E-state index contributed by atoms with van der Waals surface area (Å²) >= 11 is 3.05. The number of anilines is 1. The number of hydrogen-bond acceptors (Lipinski definition) is 5. The molecule has 0 radical (unpaired) electrons. The molecule has 1 aromatic heterocycles. The molecule has 0 fully saturated rings. The van der Waals surface area contributed by atoms with Crippen LogP contribution in [-0.2, 0) is 4.79 Å². The molecule has 0 spiro atoms. The lowest BCUT2D eigenvalue weighted by atomic mass is 10.2. The highest BCUT2D eigenvalue weighted by Crippen LogP contribution is 2.27. The van der Waals surface area contributed by atoms with Crippen LogP contribution in [0.3, 0.4) is 0 Å². The number of aryl methyl sites for hydroxylation is 1. The second kappa shape index (κ2) is 7.68. The molecule has 0 aliphatic heterocycles. The molecule has 122 valence electrons. The lowest BCUT2D eigenvalue weighted by Gasteiger charge is -2.10. The largest absolute Gasteiger partial charge is 0.324 e. The first kappa shape index (κ1) is 16.8. The first-order valence-electron chi connectivity index (χ1n) is 7.46. The van der Waals surface area contributed by atoms with Crippen molar-refractivity contribution in [3.63, 3.8) is 0 Å². The quantitative estimate of drug-likeness (QED) is 0.543. The standard InChI is InChI=1S/C18H17N3OS2/c1-12-19-14-8-4-3-7-13(14)18(20-12)24-11-17(22)21-15-9-5-6-10-16(15)23-2/h3-10H,11H2,1-2H3,(H,21,22). The van der Waals surface area contributed by atoms with Crippen molar-refractivity contribution in [3.05, 3.63) is 54.4 Å². The fourth-order valence-electron chi connectivity index (χ4n) is 2.34. The average Bonchev–Trinajstić information content (AvgIpc) is 2.60. The molecule has 1 N–H and O–H groups in total. The van der Waals surface area contributed by atoms with E-state index in [0.29, 0.717) is 11.6 Å². The van der Waals surface area contributed by atoms with E-state index in [1.165, 1.54) is 11.8 Å². The molecule has 0 aliphatic rings. The van der Waals surface area contributed by atoms with Gasteiger partial charge in [-0.05, 0) is 31.4 Å². The van der Waals surface area contributed by atoms with Crippen molar-refractivity contribution in [2.45, 2.75) is 16.8 Å². The molecule has 6 heteroatoms. The summed E-state index contributed by atoms with van der Waals surface area (Å²) in [6.45, 7) is 1.87. The van der Waals surface area contributed by atoms with Crippen molar-refractivity contribution in [2.75, 3.05) is 17.3 Å². The maximum absolute atomic E-state index is 12.3. The maximum Gasteiger partial charge on any atom is 0.234 e. The molecule has 0 aliphatic carbocycles. The number of carbonyl (C=O) groups excluding carboxylic acids is 1. The molecular formula is C18H17N3OS2. The topological polar surface area (TPSA) is 54.9 Å². The van der Waals surface area contributed by atoms with Crippen LogP contribution >= 0.6 is 23.5 Å². The van der Waals surface area contributed by atoms with Crippen LogP contribution in [0.25, 0.3) is 10.9 Å². The minimum Gasteiger partial charge on any atom is -0.324 e. The number of amides is 1. The van der Waals surface area contributed by atoms with Crippen LogP contribution in [-0.4, -0.2) is 27.9 Å². The number of hydrogen-bond donors (Lipinski definition) is 1. The zero-order valence-electron chi connectivity index (χ0n) is 13.4. The fourth-order valence-corrected chi connectivity index (χ4v) is 3.76. The highest BCUT2D eigenvalue weighted by molar-refractivity contribution is 8.00. The lowest BCUT2D eigenvalue weighted by molar-refractivity contribution is -0.113. The van der Waals surface area contributed by atoms with Crippen LogP contribution in [0.5, 0.6) is 0 Å². The Balaban J connectivity index is 1.73. The predicted octanol–water partition coefficient (Wildman–Crippen LogP) is 4.39. The number of nitrogens with one attached hydrogen (secondary N) is 1. The Kier molecular flexibility index (Phi) is 5.37. The van der Waals surface area contributed by atoms with E-state index in [9.17, 15) is 4.79 Å². The van der Waals surface area contributed by atoms with Gasteiger partial charge in [0.15, 0.2) is 0 Å². The Morgan fingerprint density at radius 3 is 2.67 bits per heavy atom. The van der Waals surface area contributed by atoms with E-state index < -0.39 is 0 Å². The first-order valence-corrected chi connectivity index (χ1v) is 9.67. The van der Waals surface area contributed by atoms with E-state index in [-0.39, 0.29) is 5.91 Å². The summed E-state index contributed by atoms with van der Waals surface area (Å²) < 4.78 is 0. The molecular weight excluding hydrogens is 338 g/mol. The van der Waals surface area contributed by atoms with Gasteiger partial charge < -0.3 is 5.32 Å². The van der Waals surface area contributed by atoms with Gasteiger partial charge in [0.2, 0.25) is 5.91 Å². The van der Waals surface area contributed by atoms with Crippen molar-refractivity contribution < 1.29 is 4.79 Å². The molecule has 0 saturated carbocycles. The molecule has 1 amide bonds. The summed E-state index contributed by atoms with van der Waals surface area (Å²) in [5, 5.41) is 4.79. The number of nitrogens with zero attached hydrogens (tertiary/aromatic N) is 2. The first-order chi connectivity index (χ1) is 11.7. The van der Waals surface area contributed by atoms with E-state index in [0.717, 1.165) is 26.5 Å². The normalized spacial score (nSPS) is 10.8. The van der Waals surface area contributed by atoms with E-state index in [4.69, 9.17) is 0 Å². The fraction of sp³-hybridized carbons (Fsp3) is 0.167. The minimum atomic E-state index is -0.0400. The monoisotopic (exact) mass is 355 g/mol. The minimum absolute atomic E-state index is 0.0400. The summed E-state index contributed by atoms with van der Waals surface area (Å²) in [7, 11) is 0. The summed E-state index contributed by atoms with van der Waals surface area (Å²) in [5.41, 5.74) is 1.75. The summed E-state index contributed by atoms with van der Waals surface area (Å²) in [6, 6.07) is 15.7. The molecule has 1 heterocycles. The van der Waals surface area contributed by atoms with Gasteiger partial charge in [-0.2, -0.15) is 0 Å². The second-order valence-electron chi connectivity index (χ2n) is 5.13. The summed E-state index contributed by atoms with van der Waals surface area (Å²) in [4.78, 5) is 22.3. The molecule has 2 aromatic carbocycles. The third kappa shape index (κ3) is 3.88. The molecule has 24 heavy (non-hydrogen) atoms. The van der Waals surface area contributed by atoms with Crippen LogP contribution in [0.15, 0.2) is 58.5 Å². The highest BCUT2D eigenvalue weighted by Gasteiger charge is 2.10. The van der Waals surface area contributed by atoms with Gasteiger partial charge in [0.1, 0.15) is 10.9 Å². The van der Waals surface area contributed by atoms with Crippen molar-refractivity contribution in [3.8, 4) is 0 Å². The number of carbonyl (C=O) groups is 1. The van der Waals surface area contributed by atoms with Gasteiger partial charge in [-0.25, -0.2) is 9.97 Å². The highest BCUT2D eigenvalue weighted by atomic mass is 32.2. The van der Waals surface area contributed by atoms with Gasteiger partial charge >= 0.3 is 0 Å². The maximum atomic E-state index is 12.3. The van der Waals surface area contributed by atoms with Crippen molar-refractivity contribution in [1.82, 2.24) is 9.97 Å². The van der Waals surface area contributed by atoms with Crippen LogP contribution in [0.4, 0.5) is 5.69 Å². The molecule has 0 saturated heterocycles. The van der Waals surface area contributed by atoms with Crippen LogP contribution in [0, 0.1) is 6.92 Å². The Morgan fingerprint density at radius 1 is 1.08 bits per heavy atom. The smallest absolute Gasteiger partial charge is 0.234 e. The average molecular weight is 355 g/mol. The van der Waals surface area contributed by atoms with E-state index in [1.54, 1.807) is 11.8 Å². The predicted molar refractivity (Wildman–Crippen MR) is 102 cm³/mol. The molecule has 0 atom stereocenters. The Labute approximate surface area is 149 Å². The molecule has 0 bridgehead atoms. The number of aromatic nitrogens is 2. The van der Waals surface area contributed by atoms with Crippen molar-refractivity contribution >= 4 is 46.0 Å². The van der Waals surface area contributed by atoms with Crippen LogP contribution in [0.2, 0.25) is 0 Å². The third-order valence-corrected chi connectivity index (χ3v) is 5.19. The number of fused-ring (bicyclic) bond motifs is 1. The van der Waals surface area contributed by atoms with E-state index in [1.807, 2.05) is 61.7 Å². The number of thioether (sulfide) groups is 2. The van der Waals surface area contributed by atoms with Gasteiger partial charge in [-0.3, -0.25) is 4.79 Å². The Morgan fingerprint density at radius 2 is 1.83 bits per heavy atom. The number of para-hydroxylation sites is 2. The lowest BCUT2D eigenvalue weighted by Crippen LogP contribution is -2.14. The van der Waals surface area contributed by atoms with E-state index >= 15 is 0 Å². The second-order valence-corrected chi connectivity index (χ2v) is 6.94. The SMILES string of the molecule is CSc1ccccc1NC(=O)CSc1nc(C)nc2ccccc12. The molecule has 0 unspecified atom stereocenters. The van der Waals surface area contributed by atoms with Gasteiger partial charge in [0.25, 0.3) is 0 Å². The van der Waals surface area contributed by atoms with Crippen molar-refractivity contribution in [1.29, 1.82) is 0 Å². The molecule has 3 aromatic rings. The Bertz CT molecular complexity index is 883. The Hall–Kier alpha value is -2.05. The van der Waals surface area contributed by atoms with Gasteiger partial charge in [0.05, 0.1) is 17.0 Å². The number of rotatable bonds is 5. The zero-order valence-corrected chi connectivity index (χ0v) is 15.1.